The summed E-state index contributed by atoms with van der Waals surface area (Å²) in [6.45, 7) is 3.08. The van der Waals surface area contributed by atoms with E-state index in [0.29, 0.717) is 0 Å². The summed E-state index contributed by atoms with van der Waals surface area (Å²) in [6, 6.07) is 2.01. The van der Waals surface area contributed by atoms with Crippen LogP contribution >= 0.6 is 11.8 Å². The van der Waals surface area contributed by atoms with Gasteiger partial charge in [-0.05, 0) is 19.2 Å². The van der Waals surface area contributed by atoms with Gasteiger partial charge in [-0.2, -0.15) is 0 Å². The van der Waals surface area contributed by atoms with Gasteiger partial charge in [0.05, 0.1) is 11.7 Å². The zero-order valence-electron chi connectivity index (χ0n) is 7.69. The molecule has 4 heteroatoms. The zero-order valence-corrected chi connectivity index (χ0v) is 8.51. The molecule has 0 aliphatic heterocycles. The molecule has 0 radical (unpaired) electrons. The molecule has 0 amide bonds. The highest BCUT2D eigenvalue weighted by molar-refractivity contribution is 7.98. The van der Waals surface area contributed by atoms with E-state index in [0.717, 1.165) is 17.2 Å². The fourth-order valence-corrected chi connectivity index (χ4v) is 2.06. The minimum absolute atomic E-state index is 0.955. The van der Waals surface area contributed by atoms with Crippen molar-refractivity contribution in [1.82, 2.24) is 14.5 Å². The summed E-state index contributed by atoms with van der Waals surface area (Å²) in [5.74, 6) is 0. The van der Waals surface area contributed by atoms with Gasteiger partial charge in [0.25, 0.3) is 0 Å². The van der Waals surface area contributed by atoms with Crippen molar-refractivity contribution in [3.05, 3.63) is 18.5 Å². The first-order chi connectivity index (χ1) is 6.36. The summed E-state index contributed by atoms with van der Waals surface area (Å²) in [4.78, 5) is 8.52. The monoisotopic (exact) mass is 193 g/mol. The van der Waals surface area contributed by atoms with Crippen LogP contribution in [0.3, 0.4) is 0 Å². The van der Waals surface area contributed by atoms with Crippen LogP contribution in [-0.4, -0.2) is 20.8 Å². The summed E-state index contributed by atoms with van der Waals surface area (Å²) >= 11 is 1.67. The molecule has 2 rings (SSSR count). The number of hydrogen-bond donors (Lipinski definition) is 0. The molecule has 13 heavy (non-hydrogen) atoms. The van der Waals surface area contributed by atoms with E-state index >= 15 is 0 Å². The standard InChI is InChI=1S/C9H11N3S/c1-3-12-8-4-5-10-6-7(8)11-9(12)13-2/h4-6H,3H2,1-2H3. The molecule has 2 heterocycles. The Morgan fingerprint density at radius 2 is 2.38 bits per heavy atom. The number of pyridine rings is 1. The first-order valence-corrected chi connectivity index (χ1v) is 5.43. The molecule has 2 aromatic heterocycles. The van der Waals surface area contributed by atoms with Crippen molar-refractivity contribution in [2.45, 2.75) is 18.6 Å². The molecule has 2 aromatic rings. The first kappa shape index (κ1) is 8.56. The van der Waals surface area contributed by atoms with E-state index < -0.39 is 0 Å². The molecule has 0 bridgehead atoms. The summed E-state index contributed by atoms with van der Waals surface area (Å²) in [5.41, 5.74) is 2.15. The Morgan fingerprint density at radius 1 is 1.54 bits per heavy atom. The van der Waals surface area contributed by atoms with Gasteiger partial charge in [0.1, 0.15) is 5.52 Å². The van der Waals surface area contributed by atoms with Crippen LogP contribution in [0.1, 0.15) is 6.92 Å². The molecule has 3 nitrogen and oxygen atoms in total. The molecule has 0 atom stereocenters. The minimum atomic E-state index is 0.955. The lowest BCUT2D eigenvalue weighted by molar-refractivity contribution is 0.703. The van der Waals surface area contributed by atoms with Gasteiger partial charge >= 0.3 is 0 Å². The summed E-state index contributed by atoms with van der Waals surface area (Å²) in [6.07, 6.45) is 5.66. The SMILES string of the molecule is CCn1c(SC)nc2cnccc21. The van der Waals surface area contributed by atoms with Crippen molar-refractivity contribution >= 4 is 22.8 Å². The summed E-state index contributed by atoms with van der Waals surface area (Å²) in [5, 5.41) is 1.06. The molecule has 0 aromatic carbocycles. The van der Waals surface area contributed by atoms with E-state index in [4.69, 9.17) is 0 Å². The second-order valence-corrected chi connectivity index (χ2v) is 3.48. The number of hydrogen-bond acceptors (Lipinski definition) is 3. The quantitative estimate of drug-likeness (QED) is 0.685. The van der Waals surface area contributed by atoms with Gasteiger partial charge in [-0.25, -0.2) is 4.98 Å². The number of imidazole rings is 1. The van der Waals surface area contributed by atoms with Gasteiger partial charge in [-0.15, -0.1) is 0 Å². The van der Waals surface area contributed by atoms with Gasteiger partial charge in [0, 0.05) is 12.7 Å². The highest BCUT2D eigenvalue weighted by atomic mass is 32.2. The van der Waals surface area contributed by atoms with Crippen LogP contribution in [0.15, 0.2) is 23.6 Å². The fraction of sp³-hybridized carbons (Fsp3) is 0.333. The molecule has 0 aliphatic rings. The smallest absolute Gasteiger partial charge is 0.168 e. The Labute approximate surface area is 81.2 Å². The molecule has 0 fully saturated rings. The van der Waals surface area contributed by atoms with Crippen molar-refractivity contribution in [2.75, 3.05) is 6.26 Å². The molecule has 0 aliphatic carbocycles. The molecule has 0 spiro atoms. The number of nitrogens with zero attached hydrogens (tertiary/aromatic N) is 3. The van der Waals surface area contributed by atoms with E-state index in [2.05, 4.69) is 21.5 Å². The van der Waals surface area contributed by atoms with Crippen LogP contribution in [0, 0.1) is 0 Å². The number of rotatable bonds is 2. The third kappa shape index (κ3) is 1.31. The lowest BCUT2D eigenvalue weighted by atomic mass is 10.4. The second-order valence-electron chi connectivity index (χ2n) is 2.71. The van der Waals surface area contributed by atoms with Gasteiger partial charge in [-0.1, -0.05) is 11.8 Å². The molecule has 0 saturated heterocycles. The summed E-state index contributed by atoms with van der Waals surface area (Å²) in [7, 11) is 0. The van der Waals surface area contributed by atoms with Gasteiger partial charge in [0.15, 0.2) is 5.16 Å². The molecule has 0 saturated carbocycles. The molecular weight excluding hydrogens is 182 g/mol. The van der Waals surface area contributed by atoms with Gasteiger partial charge < -0.3 is 4.57 Å². The molecular formula is C9H11N3S. The van der Waals surface area contributed by atoms with E-state index in [1.54, 1.807) is 24.2 Å². The van der Waals surface area contributed by atoms with E-state index in [1.165, 1.54) is 5.52 Å². The van der Waals surface area contributed by atoms with E-state index in [-0.39, 0.29) is 0 Å². The molecule has 0 unspecified atom stereocenters. The predicted octanol–water partition coefficient (Wildman–Crippen LogP) is 2.17. The van der Waals surface area contributed by atoms with Crippen LogP contribution in [-0.2, 0) is 6.54 Å². The van der Waals surface area contributed by atoms with Crippen molar-refractivity contribution in [3.8, 4) is 0 Å². The minimum Gasteiger partial charge on any atom is -0.319 e. The molecule has 0 N–H and O–H groups in total. The van der Waals surface area contributed by atoms with Crippen LogP contribution in [0.25, 0.3) is 11.0 Å². The Balaban J connectivity index is 2.73. The summed E-state index contributed by atoms with van der Waals surface area (Å²) < 4.78 is 2.20. The number of aryl methyl sites for hydroxylation is 1. The maximum absolute atomic E-state index is 4.47. The van der Waals surface area contributed by atoms with Crippen molar-refractivity contribution in [2.24, 2.45) is 0 Å². The van der Waals surface area contributed by atoms with E-state index in [1.807, 2.05) is 12.3 Å². The topological polar surface area (TPSA) is 30.7 Å². The van der Waals surface area contributed by atoms with Crippen molar-refractivity contribution in [1.29, 1.82) is 0 Å². The Morgan fingerprint density at radius 3 is 3.08 bits per heavy atom. The van der Waals surface area contributed by atoms with Crippen molar-refractivity contribution in [3.63, 3.8) is 0 Å². The number of fused-ring (bicyclic) bond motifs is 1. The van der Waals surface area contributed by atoms with Crippen LogP contribution < -0.4 is 0 Å². The Bertz CT molecular complexity index is 422. The second kappa shape index (κ2) is 3.38. The average Bonchev–Trinajstić information content (AvgIpc) is 2.55. The maximum Gasteiger partial charge on any atom is 0.168 e. The van der Waals surface area contributed by atoms with Crippen LogP contribution in [0.2, 0.25) is 0 Å². The maximum atomic E-state index is 4.47. The predicted molar refractivity (Wildman–Crippen MR) is 55.0 cm³/mol. The highest BCUT2D eigenvalue weighted by Crippen LogP contribution is 2.20. The Kier molecular flexibility index (Phi) is 2.22. The Hall–Kier alpha value is -1.03. The van der Waals surface area contributed by atoms with Crippen LogP contribution in [0.4, 0.5) is 0 Å². The van der Waals surface area contributed by atoms with Gasteiger partial charge in [-0.3, -0.25) is 4.98 Å². The first-order valence-electron chi connectivity index (χ1n) is 4.21. The molecule has 68 valence electrons. The normalized spacial score (nSPS) is 10.9. The van der Waals surface area contributed by atoms with Crippen LogP contribution in [0.5, 0.6) is 0 Å². The third-order valence-corrected chi connectivity index (χ3v) is 2.69. The van der Waals surface area contributed by atoms with Crippen molar-refractivity contribution < 1.29 is 0 Å². The lowest BCUT2D eigenvalue weighted by Gasteiger charge is -2.01. The van der Waals surface area contributed by atoms with E-state index in [9.17, 15) is 0 Å². The third-order valence-electron chi connectivity index (χ3n) is 2.01. The zero-order chi connectivity index (χ0) is 9.26. The van der Waals surface area contributed by atoms with Gasteiger partial charge in [0.2, 0.25) is 0 Å². The lowest BCUT2D eigenvalue weighted by Crippen LogP contribution is -1.95. The highest BCUT2D eigenvalue weighted by Gasteiger charge is 2.06. The average molecular weight is 193 g/mol. The largest absolute Gasteiger partial charge is 0.319 e. The number of thioether (sulfide) groups is 1. The fourth-order valence-electron chi connectivity index (χ4n) is 1.42. The number of aromatic nitrogens is 3.